The van der Waals surface area contributed by atoms with Gasteiger partial charge in [0.25, 0.3) is 5.95 Å². The Kier molecular flexibility index (Phi) is 8.64. The maximum atomic E-state index is 15.7. The van der Waals surface area contributed by atoms with Crippen molar-refractivity contribution >= 4 is 41.1 Å². The molecule has 8 nitrogen and oxygen atoms in total. The van der Waals surface area contributed by atoms with Gasteiger partial charge in [0.05, 0.1) is 24.2 Å². The van der Waals surface area contributed by atoms with Gasteiger partial charge in [0.1, 0.15) is 17.0 Å². The lowest BCUT2D eigenvalue weighted by molar-refractivity contribution is -0.118. The van der Waals surface area contributed by atoms with Gasteiger partial charge >= 0.3 is 6.16 Å². The fourth-order valence-electron chi connectivity index (χ4n) is 5.32. The molecule has 2 aromatic carbocycles. The molecule has 1 fully saturated rings. The van der Waals surface area contributed by atoms with E-state index >= 15 is 8.78 Å². The van der Waals surface area contributed by atoms with Gasteiger partial charge in [-0.2, -0.15) is 5.26 Å². The molecule has 4 atom stereocenters. The minimum Gasteiger partial charge on any atom is -0.437 e. The Hall–Kier alpha value is -3.65. The van der Waals surface area contributed by atoms with E-state index in [9.17, 15) is 14.9 Å². The van der Waals surface area contributed by atoms with E-state index in [1.165, 1.54) is 42.5 Å². The summed E-state index contributed by atoms with van der Waals surface area (Å²) in [7, 11) is 1.12. The summed E-state index contributed by atoms with van der Waals surface area (Å²) in [5.41, 5.74) is -2.27. The number of benzene rings is 2. The minimum absolute atomic E-state index is 0.0439. The van der Waals surface area contributed by atoms with Gasteiger partial charge in [-0.1, -0.05) is 62.2 Å². The van der Waals surface area contributed by atoms with E-state index in [2.05, 4.69) is 21.4 Å². The Balaban J connectivity index is 1.88. The molecule has 1 aliphatic rings. The van der Waals surface area contributed by atoms with Crippen LogP contribution in [0, 0.1) is 28.4 Å². The predicted octanol–water partition coefficient (Wildman–Crippen LogP) is 6.97. The van der Waals surface area contributed by atoms with Crippen molar-refractivity contribution in [2.24, 2.45) is 5.41 Å². The highest BCUT2D eigenvalue weighted by Crippen LogP contribution is 2.53. The van der Waals surface area contributed by atoms with Crippen LogP contribution in [-0.4, -0.2) is 31.3 Å². The molecule has 1 amide bonds. The lowest BCUT2D eigenvalue weighted by Gasteiger charge is -2.37. The second-order valence-corrected chi connectivity index (χ2v) is 11.7. The lowest BCUT2D eigenvalue weighted by Crippen LogP contribution is -2.44. The topological polar surface area (TPSA) is 114 Å². The summed E-state index contributed by atoms with van der Waals surface area (Å²) >= 11 is 12.2. The molecule has 1 saturated heterocycles. The molecular weight excluding hydrogens is 579 g/mol. The van der Waals surface area contributed by atoms with Gasteiger partial charge in [-0.3, -0.25) is 10.1 Å². The Morgan fingerprint density at radius 3 is 2.54 bits per heavy atom. The number of nitriles is 1. The molecule has 0 spiro atoms. The number of ether oxygens (including phenoxy) is 2. The lowest BCUT2D eigenvalue weighted by atomic mass is 9.62. The number of anilines is 1. The number of hydrogen-bond acceptors (Lipinski definition) is 7. The van der Waals surface area contributed by atoms with Crippen molar-refractivity contribution in [1.29, 1.82) is 5.26 Å². The normalized spacial score (nSPS) is 22.2. The van der Waals surface area contributed by atoms with Gasteiger partial charge in [0.15, 0.2) is 0 Å². The Labute approximate surface area is 245 Å². The molecule has 0 saturated carbocycles. The second kappa shape index (κ2) is 11.7. The molecule has 3 aromatic rings. The van der Waals surface area contributed by atoms with Crippen LogP contribution >= 0.6 is 23.2 Å². The number of halogens is 4. The maximum Gasteiger partial charge on any atom is 0.516 e. The Morgan fingerprint density at radius 2 is 1.90 bits per heavy atom. The van der Waals surface area contributed by atoms with Crippen molar-refractivity contribution < 1.29 is 32.3 Å². The summed E-state index contributed by atoms with van der Waals surface area (Å²) in [5, 5.41) is 16.5. The number of hydrogen-bond donors (Lipinski definition) is 2. The summed E-state index contributed by atoms with van der Waals surface area (Å²) in [6, 6.07) is 11.0. The van der Waals surface area contributed by atoms with Crippen LogP contribution in [0.1, 0.15) is 44.2 Å². The fourth-order valence-corrected chi connectivity index (χ4v) is 5.66. The zero-order chi connectivity index (χ0) is 30.1. The highest BCUT2D eigenvalue weighted by Gasteiger charge is 2.61. The third-order valence-corrected chi connectivity index (χ3v) is 7.44. The van der Waals surface area contributed by atoms with Gasteiger partial charge in [-0.15, -0.1) is 0 Å². The van der Waals surface area contributed by atoms with E-state index in [1.807, 2.05) is 20.8 Å². The van der Waals surface area contributed by atoms with Crippen molar-refractivity contribution in [3.8, 4) is 12.0 Å². The molecule has 0 unspecified atom stereocenters. The van der Waals surface area contributed by atoms with E-state index in [0.29, 0.717) is 6.42 Å². The molecule has 0 bridgehead atoms. The van der Waals surface area contributed by atoms with Crippen LogP contribution < -0.4 is 15.4 Å². The number of methoxy groups -OCH3 is 1. The van der Waals surface area contributed by atoms with Crippen molar-refractivity contribution in [3.05, 3.63) is 81.3 Å². The highest BCUT2D eigenvalue weighted by atomic mass is 35.5. The molecule has 1 aliphatic heterocycles. The van der Waals surface area contributed by atoms with E-state index in [0.717, 1.165) is 13.2 Å². The first kappa shape index (κ1) is 30.3. The third-order valence-electron chi connectivity index (χ3n) is 6.91. The van der Waals surface area contributed by atoms with Gasteiger partial charge in [0.2, 0.25) is 11.8 Å². The number of nitrogens with one attached hydrogen (secondary N) is 2. The van der Waals surface area contributed by atoms with E-state index in [-0.39, 0.29) is 33.0 Å². The molecule has 2 N–H and O–H groups in total. The highest BCUT2D eigenvalue weighted by molar-refractivity contribution is 6.31. The van der Waals surface area contributed by atoms with Crippen LogP contribution in [0.25, 0.3) is 0 Å². The van der Waals surface area contributed by atoms with Crippen LogP contribution in [0.2, 0.25) is 10.0 Å². The molecule has 216 valence electrons. The molecule has 0 aliphatic carbocycles. The van der Waals surface area contributed by atoms with Gasteiger partial charge in [-0.05, 0) is 35.6 Å². The van der Waals surface area contributed by atoms with Crippen LogP contribution in [-0.2, 0) is 14.9 Å². The maximum absolute atomic E-state index is 15.7. The molecule has 4 rings (SSSR count). The van der Waals surface area contributed by atoms with Gasteiger partial charge in [0, 0.05) is 34.7 Å². The van der Waals surface area contributed by atoms with Crippen molar-refractivity contribution in [3.63, 3.8) is 0 Å². The molecular formula is C29H27Cl2F2N3O5. The SMILES string of the molecule is COC(=O)Oc1ccc(NC(=O)[C@@H]2N[C@@H](CC(C)(C)C)[C@](C#N)(c3ccc(Cl)cc3F)[C@H]2c2cccc(Cl)c2F)o1. The first-order valence-electron chi connectivity index (χ1n) is 12.5. The van der Waals surface area contributed by atoms with Crippen LogP contribution in [0.5, 0.6) is 5.95 Å². The fraction of sp³-hybridized carbons (Fsp3) is 0.345. The largest absolute Gasteiger partial charge is 0.516 e. The van der Waals surface area contributed by atoms with Crippen LogP contribution in [0.15, 0.2) is 52.9 Å². The van der Waals surface area contributed by atoms with Crippen LogP contribution in [0.3, 0.4) is 0 Å². The average molecular weight is 606 g/mol. The number of carbonyl (C=O) groups is 2. The van der Waals surface area contributed by atoms with Gasteiger partial charge in [-0.25, -0.2) is 13.6 Å². The summed E-state index contributed by atoms with van der Waals surface area (Å²) in [4.78, 5) is 25.2. The van der Waals surface area contributed by atoms with Crippen molar-refractivity contribution in [2.75, 3.05) is 12.4 Å². The van der Waals surface area contributed by atoms with E-state index in [4.69, 9.17) is 32.4 Å². The summed E-state index contributed by atoms with van der Waals surface area (Å²) in [5.74, 6) is -3.92. The van der Waals surface area contributed by atoms with Crippen LogP contribution in [0.4, 0.5) is 19.5 Å². The number of rotatable bonds is 6. The molecule has 12 heteroatoms. The summed E-state index contributed by atoms with van der Waals surface area (Å²) in [6.07, 6.45) is -0.719. The Bertz CT molecular complexity index is 1520. The quantitative estimate of drug-likeness (QED) is 0.292. The number of nitrogens with zero attached hydrogens (tertiary/aromatic N) is 1. The molecule has 2 heterocycles. The summed E-state index contributed by atoms with van der Waals surface area (Å²) < 4.78 is 46.0. The third kappa shape index (κ3) is 6.03. The Morgan fingerprint density at radius 1 is 1.17 bits per heavy atom. The molecule has 1 aromatic heterocycles. The average Bonchev–Trinajstić information content (AvgIpc) is 3.46. The molecule has 41 heavy (non-hydrogen) atoms. The first-order chi connectivity index (χ1) is 19.3. The summed E-state index contributed by atoms with van der Waals surface area (Å²) in [6.45, 7) is 5.80. The molecule has 0 radical (unpaired) electrons. The predicted molar refractivity (Wildman–Crippen MR) is 148 cm³/mol. The monoisotopic (exact) mass is 605 g/mol. The minimum atomic E-state index is -1.78. The van der Waals surface area contributed by atoms with Crippen molar-refractivity contribution in [2.45, 2.75) is 50.6 Å². The number of amides is 1. The zero-order valence-electron chi connectivity index (χ0n) is 22.6. The van der Waals surface area contributed by atoms with E-state index < -0.39 is 52.5 Å². The number of carbonyl (C=O) groups excluding carboxylic acids is 2. The smallest absolute Gasteiger partial charge is 0.437 e. The standard InChI is InChI=1S/C29H27Cl2F2N3O5/c1-28(2,3)13-20-29(14-34,17-9-8-15(30)12-19(17)32)23(16-6-5-7-18(31)24(16)33)25(35-20)26(37)36-21-10-11-22(40-21)41-27(38)39-4/h5-12,20,23,25,35H,13H2,1-4H3,(H,36,37)/t20-,23-,25+,29-/m0/s1. The zero-order valence-corrected chi connectivity index (χ0v) is 24.1. The first-order valence-corrected chi connectivity index (χ1v) is 13.3. The number of furan rings is 1. The van der Waals surface area contributed by atoms with Crippen molar-refractivity contribution in [1.82, 2.24) is 5.32 Å². The van der Waals surface area contributed by atoms with E-state index in [1.54, 1.807) is 0 Å². The second-order valence-electron chi connectivity index (χ2n) is 10.9. The van der Waals surface area contributed by atoms with Gasteiger partial charge < -0.3 is 19.2 Å².